The normalized spacial score (nSPS) is 10.8. The Bertz CT molecular complexity index is 686. The van der Waals surface area contributed by atoms with E-state index in [-0.39, 0.29) is 17.1 Å². The lowest BCUT2D eigenvalue weighted by Gasteiger charge is -1.99. The summed E-state index contributed by atoms with van der Waals surface area (Å²) in [7, 11) is 0. The molecule has 2 heterocycles. The molecule has 0 bridgehead atoms. The maximum absolute atomic E-state index is 11.8. The fraction of sp³-hybridized carbons (Fsp3) is 0.0714. The van der Waals surface area contributed by atoms with Crippen LogP contribution in [0.4, 0.5) is 0 Å². The van der Waals surface area contributed by atoms with E-state index in [1.807, 2.05) is 0 Å². The highest BCUT2D eigenvalue weighted by atomic mass is 16.4. The Balaban J connectivity index is 2.31. The minimum atomic E-state index is -0.845. The van der Waals surface area contributed by atoms with Gasteiger partial charge in [0.25, 0.3) is 0 Å². The van der Waals surface area contributed by atoms with Crippen molar-refractivity contribution >= 4 is 11.9 Å². The molecule has 19 heavy (non-hydrogen) atoms. The fourth-order valence-corrected chi connectivity index (χ4v) is 1.55. The molecule has 2 rings (SSSR count). The summed E-state index contributed by atoms with van der Waals surface area (Å²) < 4.78 is 4.78. The van der Waals surface area contributed by atoms with Gasteiger partial charge in [-0.3, -0.25) is 9.78 Å². The maximum Gasteiger partial charge on any atom is 0.351 e. The predicted octanol–water partition coefficient (Wildman–Crippen LogP) is 1.94. The summed E-state index contributed by atoms with van der Waals surface area (Å²) in [6.45, 7) is 1.52. The van der Waals surface area contributed by atoms with Crippen molar-refractivity contribution in [2.45, 2.75) is 6.92 Å². The second-order valence-corrected chi connectivity index (χ2v) is 3.88. The minimum Gasteiger partial charge on any atom is -0.507 e. The van der Waals surface area contributed by atoms with Crippen LogP contribution in [0.3, 0.4) is 0 Å². The molecule has 2 aromatic heterocycles. The highest BCUT2D eigenvalue weighted by molar-refractivity contribution is 6.08. The monoisotopic (exact) mass is 257 g/mol. The molecule has 0 aliphatic heterocycles. The summed E-state index contributed by atoms with van der Waals surface area (Å²) in [4.78, 5) is 27.2. The molecule has 0 aliphatic rings. The van der Waals surface area contributed by atoms with Crippen LogP contribution in [0.15, 0.2) is 45.9 Å². The molecule has 0 spiro atoms. The van der Waals surface area contributed by atoms with Crippen LogP contribution in [0.5, 0.6) is 5.75 Å². The number of rotatable bonds is 3. The summed E-state index contributed by atoms with van der Waals surface area (Å²) in [5, 5.41) is 9.62. The van der Waals surface area contributed by atoms with E-state index in [1.54, 1.807) is 24.5 Å². The van der Waals surface area contributed by atoms with Crippen LogP contribution >= 0.6 is 0 Å². The van der Waals surface area contributed by atoms with Crippen molar-refractivity contribution in [2.24, 2.45) is 0 Å². The quantitative estimate of drug-likeness (QED) is 0.671. The Morgan fingerprint density at radius 3 is 2.68 bits per heavy atom. The van der Waals surface area contributed by atoms with Crippen LogP contribution in [0.2, 0.25) is 0 Å². The van der Waals surface area contributed by atoms with Crippen LogP contribution in [0.1, 0.15) is 21.7 Å². The van der Waals surface area contributed by atoms with Gasteiger partial charge in [0.15, 0.2) is 5.78 Å². The number of aromatic nitrogens is 1. The number of hydrogen-bond donors (Lipinski definition) is 1. The van der Waals surface area contributed by atoms with E-state index in [1.165, 1.54) is 25.1 Å². The van der Waals surface area contributed by atoms with E-state index in [0.717, 1.165) is 5.56 Å². The first kappa shape index (κ1) is 12.8. The van der Waals surface area contributed by atoms with Gasteiger partial charge in [-0.25, -0.2) is 4.79 Å². The maximum atomic E-state index is 11.8. The Labute approximate surface area is 108 Å². The third kappa shape index (κ3) is 2.95. The molecule has 2 aromatic rings. The van der Waals surface area contributed by atoms with Gasteiger partial charge < -0.3 is 9.52 Å². The third-order valence-electron chi connectivity index (χ3n) is 2.43. The van der Waals surface area contributed by atoms with Crippen molar-refractivity contribution in [1.82, 2.24) is 4.98 Å². The lowest BCUT2D eigenvalue weighted by atomic mass is 10.1. The zero-order valence-electron chi connectivity index (χ0n) is 10.2. The number of aryl methyl sites for hydroxylation is 1. The zero-order chi connectivity index (χ0) is 13.8. The first-order chi connectivity index (χ1) is 9.08. The molecule has 5 nitrogen and oxygen atoms in total. The number of carbonyl (C=O) groups is 1. The summed E-state index contributed by atoms with van der Waals surface area (Å²) >= 11 is 0. The van der Waals surface area contributed by atoms with Crippen LogP contribution in [0, 0.1) is 6.92 Å². The van der Waals surface area contributed by atoms with Crippen molar-refractivity contribution in [3.8, 4) is 5.75 Å². The Kier molecular flexibility index (Phi) is 3.56. The van der Waals surface area contributed by atoms with E-state index in [9.17, 15) is 14.7 Å². The van der Waals surface area contributed by atoms with Gasteiger partial charge in [0.1, 0.15) is 17.1 Å². The molecule has 0 unspecified atom stereocenters. The van der Waals surface area contributed by atoms with Crippen LogP contribution in [-0.4, -0.2) is 15.9 Å². The Morgan fingerprint density at radius 2 is 2.05 bits per heavy atom. The van der Waals surface area contributed by atoms with Gasteiger partial charge in [0.05, 0.1) is 0 Å². The van der Waals surface area contributed by atoms with Gasteiger partial charge in [-0.05, 0) is 30.7 Å². The summed E-state index contributed by atoms with van der Waals surface area (Å²) in [5.41, 5.74) is -0.447. The summed E-state index contributed by atoms with van der Waals surface area (Å²) in [5.74, 6) is -0.738. The largest absolute Gasteiger partial charge is 0.507 e. The van der Waals surface area contributed by atoms with E-state index in [4.69, 9.17) is 4.42 Å². The van der Waals surface area contributed by atoms with E-state index in [2.05, 4.69) is 4.98 Å². The molecule has 1 N–H and O–H groups in total. The van der Waals surface area contributed by atoms with Gasteiger partial charge in [-0.1, -0.05) is 6.08 Å². The Morgan fingerprint density at radius 1 is 1.37 bits per heavy atom. The minimum absolute atomic E-state index is 0.247. The Hall–Kier alpha value is -2.69. The van der Waals surface area contributed by atoms with Crippen molar-refractivity contribution < 1.29 is 14.3 Å². The van der Waals surface area contributed by atoms with E-state index >= 15 is 0 Å². The van der Waals surface area contributed by atoms with Crippen molar-refractivity contribution in [1.29, 1.82) is 0 Å². The molecule has 0 saturated carbocycles. The number of nitrogens with zero attached hydrogens (tertiary/aromatic N) is 1. The van der Waals surface area contributed by atoms with Crippen LogP contribution < -0.4 is 5.63 Å². The van der Waals surface area contributed by atoms with Crippen LogP contribution in [-0.2, 0) is 0 Å². The molecule has 5 heteroatoms. The molecule has 0 fully saturated rings. The van der Waals surface area contributed by atoms with Gasteiger partial charge >= 0.3 is 5.63 Å². The first-order valence-corrected chi connectivity index (χ1v) is 5.54. The lowest BCUT2D eigenvalue weighted by Crippen LogP contribution is -2.12. The number of ketones is 1. The highest BCUT2D eigenvalue weighted by Crippen LogP contribution is 2.15. The zero-order valence-corrected chi connectivity index (χ0v) is 10.2. The molecule has 0 saturated heterocycles. The smallest absolute Gasteiger partial charge is 0.351 e. The van der Waals surface area contributed by atoms with E-state index in [0.29, 0.717) is 0 Å². The topological polar surface area (TPSA) is 80.4 Å². The lowest BCUT2D eigenvalue weighted by molar-refractivity contribution is 0.104. The number of allylic oxidation sites excluding steroid dienone is 1. The number of pyridine rings is 1. The van der Waals surface area contributed by atoms with Crippen molar-refractivity contribution in [2.75, 3.05) is 0 Å². The van der Waals surface area contributed by atoms with Crippen LogP contribution in [0.25, 0.3) is 6.08 Å². The standard InChI is InChI=1S/C14H11NO4/c1-9-8-12(17)13(14(18)19-9)11(16)3-2-10-4-6-15-7-5-10/h2-8,17H,1H3/b3-2+. The first-order valence-electron chi connectivity index (χ1n) is 5.54. The highest BCUT2D eigenvalue weighted by Gasteiger charge is 2.15. The second-order valence-electron chi connectivity index (χ2n) is 3.88. The SMILES string of the molecule is Cc1cc(O)c(C(=O)/C=C/c2ccncc2)c(=O)o1. The molecule has 0 amide bonds. The average Bonchev–Trinajstić information content (AvgIpc) is 2.36. The van der Waals surface area contributed by atoms with E-state index < -0.39 is 11.4 Å². The number of aromatic hydroxyl groups is 1. The van der Waals surface area contributed by atoms with Gasteiger partial charge in [0, 0.05) is 18.5 Å². The van der Waals surface area contributed by atoms with Gasteiger partial charge in [-0.15, -0.1) is 0 Å². The molecule has 0 atom stereocenters. The van der Waals surface area contributed by atoms with Gasteiger partial charge in [0.2, 0.25) is 0 Å². The third-order valence-corrected chi connectivity index (χ3v) is 2.43. The predicted molar refractivity (Wildman–Crippen MR) is 69.0 cm³/mol. The number of hydrogen-bond acceptors (Lipinski definition) is 5. The summed E-state index contributed by atoms with van der Waals surface area (Å²) in [6, 6.07) is 4.65. The van der Waals surface area contributed by atoms with Crippen molar-refractivity contribution in [3.63, 3.8) is 0 Å². The molecular formula is C14H11NO4. The molecular weight excluding hydrogens is 246 g/mol. The second kappa shape index (κ2) is 5.30. The molecule has 0 aromatic carbocycles. The molecule has 0 radical (unpaired) electrons. The summed E-state index contributed by atoms with van der Waals surface area (Å²) in [6.07, 6.45) is 5.91. The molecule has 0 aliphatic carbocycles. The van der Waals surface area contributed by atoms with Crippen molar-refractivity contribution in [3.05, 3.63) is 64.0 Å². The molecule has 96 valence electrons. The average molecular weight is 257 g/mol. The number of carbonyl (C=O) groups excluding carboxylic acids is 1. The van der Waals surface area contributed by atoms with Gasteiger partial charge in [-0.2, -0.15) is 0 Å². The fourth-order valence-electron chi connectivity index (χ4n) is 1.55.